The van der Waals surface area contributed by atoms with Gasteiger partial charge in [0.25, 0.3) is 0 Å². The molecule has 0 aromatic carbocycles. The van der Waals surface area contributed by atoms with Crippen LogP contribution in [0.15, 0.2) is 0 Å². The first kappa shape index (κ1) is 11.7. The summed E-state index contributed by atoms with van der Waals surface area (Å²) in [4.78, 5) is 18.0. The molecule has 1 N–H and O–H groups in total. The number of likely N-dealkylation sites (N-methyl/N-ethyl adjacent to an activating group) is 1. The van der Waals surface area contributed by atoms with Crippen LogP contribution in [0.2, 0.25) is 0 Å². The van der Waals surface area contributed by atoms with Crippen molar-refractivity contribution < 1.29 is 30.2 Å². The summed E-state index contributed by atoms with van der Waals surface area (Å²) in [6.45, 7) is 1.80. The van der Waals surface area contributed by atoms with Gasteiger partial charge in [-0.25, -0.2) is 9.78 Å². The van der Waals surface area contributed by atoms with Crippen LogP contribution in [-0.2, 0) is 13.0 Å². The number of rotatable bonds is 1. The molecule has 14 heavy (non-hydrogen) atoms. The van der Waals surface area contributed by atoms with Crippen LogP contribution >= 0.6 is 11.3 Å². The minimum absolute atomic E-state index is 0. The number of nitrogens with zero attached hydrogens (tertiary/aromatic N) is 2. The predicted octanol–water partition coefficient (Wildman–Crippen LogP) is -2.05. The topological polar surface area (TPSA) is 53.4 Å². The van der Waals surface area contributed by atoms with Gasteiger partial charge in [0.05, 0.1) is 5.69 Å². The number of aromatic nitrogens is 1. The smallest absolute Gasteiger partial charge is 1.00 e. The molecule has 0 saturated carbocycles. The summed E-state index contributed by atoms with van der Waals surface area (Å²) in [5.41, 5.74) is 0.973. The Balaban J connectivity index is 0.000000980. The molecule has 0 aliphatic carbocycles. The monoisotopic (exact) mass is 206 g/mol. The van der Waals surface area contributed by atoms with E-state index in [2.05, 4.69) is 9.88 Å². The van der Waals surface area contributed by atoms with Gasteiger partial charge in [-0.1, -0.05) is 0 Å². The first-order chi connectivity index (χ1) is 6.16. The molecule has 0 fully saturated rings. The van der Waals surface area contributed by atoms with E-state index in [4.69, 9.17) is 5.11 Å². The van der Waals surface area contributed by atoms with E-state index in [9.17, 15) is 4.79 Å². The third kappa shape index (κ3) is 2.18. The number of carboxylic acid groups (broad SMARTS) is 1. The third-order valence-corrected chi connectivity index (χ3v) is 3.18. The van der Waals surface area contributed by atoms with E-state index in [-0.39, 0.29) is 25.3 Å². The zero-order valence-corrected chi connectivity index (χ0v) is 9.10. The number of carbonyl (C=O) groups is 1. The van der Waals surface area contributed by atoms with Crippen LogP contribution in [0.1, 0.15) is 21.8 Å². The summed E-state index contributed by atoms with van der Waals surface area (Å²) in [6.07, 6.45) is 0.871. The summed E-state index contributed by atoms with van der Waals surface area (Å²) in [7, 11) is 2.03. The maximum atomic E-state index is 10.6. The number of thiazole rings is 1. The summed E-state index contributed by atoms with van der Waals surface area (Å²) < 4.78 is 0. The molecule has 0 unspecified atom stereocenters. The Morgan fingerprint density at radius 3 is 3.07 bits per heavy atom. The fraction of sp³-hybridized carbons (Fsp3) is 0.500. The van der Waals surface area contributed by atoms with Crippen LogP contribution in [0, 0.1) is 0 Å². The van der Waals surface area contributed by atoms with Crippen molar-refractivity contribution in [3.63, 3.8) is 0 Å². The van der Waals surface area contributed by atoms with Gasteiger partial charge >= 0.3 is 24.8 Å². The maximum Gasteiger partial charge on any atom is 1.00 e. The van der Waals surface area contributed by atoms with Gasteiger partial charge in [-0.15, -0.1) is 11.3 Å². The molecule has 0 saturated heterocycles. The van der Waals surface area contributed by atoms with Crippen molar-refractivity contribution in [1.29, 1.82) is 0 Å². The van der Waals surface area contributed by atoms with Gasteiger partial charge in [0.1, 0.15) is 0 Å². The normalized spacial score (nSPS) is 15.8. The van der Waals surface area contributed by atoms with Gasteiger partial charge in [0.2, 0.25) is 5.01 Å². The summed E-state index contributed by atoms with van der Waals surface area (Å²) in [5.74, 6) is -0.915. The minimum Gasteiger partial charge on any atom is -1.00 e. The molecule has 72 valence electrons. The van der Waals surface area contributed by atoms with E-state index < -0.39 is 5.97 Å². The van der Waals surface area contributed by atoms with Crippen LogP contribution in [-0.4, -0.2) is 34.6 Å². The van der Waals surface area contributed by atoms with Crippen LogP contribution in [0.4, 0.5) is 0 Å². The molecule has 0 bridgehead atoms. The quantitative estimate of drug-likeness (QED) is 0.537. The van der Waals surface area contributed by atoms with Crippen LogP contribution in [0.25, 0.3) is 0 Å². The van der Waals surface area contributed by atoms with Gasteiger partial charge in [-0.3, -0.25) is 0 Å². The minimum atomic E-state index is -0.915. The van der Waals surface area contributed by atoms with Crippen molar-refractivity contribution in [2.75, 3.05) is 13.6 Å². The molecular formula is C8H11LiN2O2S. The molecule has 0 radical (unpaired) electrons. The summed E-state index contributed by atoms with van der Waals surface area (Å²) in [6, 6.07) is 0. The van der Waals surface area contributed by atoms with Crippen molar-refractivity contribution >= 4 is 17.3 Å². The SMILES string of the molecule is CN1CCc2nc(C(=O)O)sc2C1.[H-].[Li+]. The fourth-order valence-corrected chi connectivity index (χ4v) is 2.44. The largest absolute Gasteiger partial charge is 1.00 e. The molecule has 0 amide bonds. The van der Waals surface area contributed by atoms with Gasteiger partial charge in [0, 0.05) is 24.4 Å². The molecular weight excluding hydrogens is 195 g/mol. The Labute approximate surface area is 99.6 Å². The molecule has 1 aromatic rings. The Hall–Kier alpha value is -0.343. The first-order valence-electron chi connectivity index (χ1n) is 4.07. The number of carboxylic acids is 1. The van der Waals surface area contributed by atoms with E-state index >= 15 is 0 Å². The standard InChI is InChI=1S/C8H10N2O2S.Li.H/c1-10-3-2-5-6(4-10)13-7(9-5)8(11)12;;/h2-4H2,1H3,(H,11,12);;/q;+1;-1. The van der Waals surface area contributed by atoms with Gasteiger partial charge in [0.15, 0.2) is 0 Å². The third-order valence-electron chi connectivity index (χ3n) is 2.11. The van der Waals surface area contributed by atoms with Crippen molar-refractivity contribution in [2.45, 2.75) is 13.0 Å². The van der Waals surface area contributed by atoms with E-state index in [1.807, 2.05) is 7.05 Å². The Bertz CT molecular complexity index is 358. The molecule has 0 spiro atoms. The van der Waals surface area contributed by atoms with E-state index in [1.165, 1.54) is 11.3 Å². The van der Waals surface area contributed by atoms with E-state index in [0.717, 1.165) is 30.1 Å². The van der Waals surface area contributed by atoms with Crippen LogP contribution in [0.3, 0.4) is 0 Å². The van der Waals surface area contributed by atoms with Gasteiger partial charge < -0.3 is 11.4 Å². The molecule has 6 heteroatoms. The van der Waals surface area contributed by atoms with Crippen molar-refractivity contribution in [2.24, 2.45) is 0 Å². The second-order valence-electron chi connectivity index (χ2n) is 3.18. The molecule has 2 heterocycles. The average Bonchev–Trinajstić information content (AvgIpc) is 2.46. The summed E-state index contributed by atoms with van der Waals surface area (Å²) >= 11 is 1.29. The van der Waals surface area contributed by atoms with Crippen molar-refractivity contribution in [3.8, 4) is 0 Å². The van der Waals surface area contributed by atoms with Crippen molar-refractivity contribution in [1.82, 2.24) is 9.88 Å². The van der Waals surface area contributed by atoms with Crippen molar-refractivity contribution in [3.05, 3.63) is 15.6 Å². The molecule has 1 aliphatic heterocycles. The number of fused-ring (bicyclic) bond motifs is 1. The van der Waals surface area contributed by atoms with Crippen LogP contribution in [0.5, 0.6) is 0 Å². The Kier molecular flexibility index (Phi) is 3.73. The molecule has 1 aromatic heterocycles. The fourth-order valence-electron chi connectivity index (χ4n) is 1.41. The van der Waals surface area contributed by atoms with E-state index in [0.29, 0.717) is 0 Å². The molecule has 2 rings (SSSR count). The summed E-state index contributed by atoms with van der Waals surface area (Å²) in [5, 5.41) is 8.96. The number of hydrogen-bond acceptors (Lipinski definition) is 4. The first-order valence-corrected chi connectivity index (χ1v) is 4.89. The maximum absolute atomic E-state index is 10.6. The predicted molar refractivity (Wildman–Crippen MR) is 50.2 cm³/mol. The van der Waals surface area contributed by atoms with E-state index in [1.54, 1.807) is 0 Å². The molecule has 0 atom stereocenters. The second kappa shape index (κ2) is 4.45. The Morgan fingerprint density at radius 1 is 1.71 bits per heavy atom. The van der Waals surface area contributed by atoms with Gasteiger partial charge in [-0.2, -0.15) is 0 Å². The number of hydrogen-bond donors (Lipinski definition) is 1. The zero-order valence-electron chi connectivity index (χ0n) is 9.28. The number of aromatic carboxylic acids is 1. The van der Waals surface area contributed by atoms with Crippen LogP contribution < -0.4 is 18.9 Å². The molecule has 1 aliphatic rings. The average molecular weight is 206 g/mol. The Morgan fingerprint density at radius 2 is 2.43 bits per heavy atom. The molecule has 4 nitrogen and oxygen atoms in total. The zero-order chi connectivity index (χ0) is 9.42. The van der Waals surface area contributed by atoms with Gasteiger partial charge in [-0.05, 0) is 7.05 Å². The second-order valence-corrected chi connectivity index (χ2v) is 4.27.